The van der Waals surface area contributed by atoms with Crippen molar-refractivity contribution in [1.29, 1.82) is 0 Å². The SMILES string of the molecule is COC(=O)N1CC(N)CC(CC(F)(F)F)C1. The Morgan fingerprint density at radius 1 is 1.50 bits per heavy atom. The number of methoxy groups -OCH3 is 1. The second kappa shape index (κ2) is 4.90. The van der Waals surface area contributed by atoms with Gasteiger partial charge in [0.05, 0.1) is 7.11 Å². The number of piperidine rings is 1. The van der Waals surface area contributed by atoms with Crippen molar-refractivity contribution in [3.8, 4) is 0 Å². The molecule has 94 valence electrons. The van der Waals surface area contributed by atoms with Gasteiger partial charge in [-0.1, -0.05) is 0 Å². The van der Waals surface area contributed by atoms with Crippen LogP contribution in [0.15, 0.2) is 0 Å². The van der Waals surface area contributed by atoms with Crippen molar-refractivity contribution in [3.63, 3.8) is 0 Å². The van der Waals surface area contributed by atoms with Crippen LogP contribution in [0.3, 0.4) is 0 Å². The fourth-order valence-corrected chi connectivity index (χ4v) is 2.00. The van der Waals surface area contributed by atoms with Crippen LogP contribution in [-0.2, 0) is 4.74 Å². The standard InChI is InChI=1S/C9H15F3N2O2/c1-16-8(15)14-4-6(2-7(13)5-14)3-9(10,11)12/h6-7H,2-5,13H2,1H3. The summed E-state index contributed by atoms with van der Waals surface area (Å²) in [7, 11) is 1.20. The summed E-state index contributed by atoms with van der Waals surface area (Å²) in [6, 6.07) is -0.416. The lowest BCUT2D eigenvalue weighted by atomic mass is 9.92. The predicted octanol–water partition coefficient (Wildman–Crippen LogP) is 1.35. The van der Waals surface area contributed by atoms with Gasteiger partial charge in [-0.05, 0) is 12.3 Å². The Balaban J connectivity index is 2.57. The van der Waals surface area contributed by atoms with Crippen molar-refractivity contribution in [1.82, 2.24) is 4.90 Å². The number of likely N-dealkylation sites (tertiary alicyclic amines) is 1. The van der Waals surface area contributed by atoms with Crippen molar-refractivity contribution < 1.29 is 22.7 Å². The number of ether oxygens (including phenoxy) is 1. The van der Waals surface area contributed by atoms with Gasteiger partial charge in [-0.2, -0.15) is 13.2 Å². The molecule has 0 aliphatic carbocycles. The first-order chi connectivity index (χ1) is 7.31. The second-order valence-electron chi connectivity index (χ2n) is 4.06. The molecule has 0 radical (unpaired) electrons. The van der Waals surface area contributed by atoms with E-state index in [0.717, 1.165) is 0 Å². The van der Waals surface area contributed by atoms with E-state index in [1.54, 1.807) is 0 Å². The summed E-state index contributed by atoms with van der Waals surface area (Å²) in [6.07, 6.45) is -5.47. The molecule has 1 amide bonds. The number of nitrogens with two attached hydrogens (primary N) is 1. The van der Waals surface area contributed by atoms with E-state index in [-0.39, 0.29) is 19.5 Å². The highest BCUT2D eigenvalue weighted by Gasteiger charge is 2.37. The number of alkyl halides is 3. The average Bonchev–Trinajstić information content (AvgIpc) is 2.12. The Morgan fingerprint density at radius 3 is 2.62 bits per heavy atom. The molecule has 2 N–H and O–H groups in total. The quantitative estimate of drug-likeness (QED) is 0.752. The zero-order valence-corrected chi connectivity index (χ0v) is 8.96. The van der Waals surface area contributed by atoms with Gasteiger partial charge < -0.3 is 15.4 Å². The normalized spacial score (nSPS) is 26.7. The molecular formula is C9H15F3N2O2. The summed E-state index contributed by atoms with van der Waals surface area (Å²) < 4.78 is 41.1. The van der Waals surface area contributed by atoms with Crippen LogP contribution in [0, 0.1) is 5.92 Å². The van der Waals surface area contributed by atoms with Crippen LogP contribution >= 0.6 is 0 Å². The Hall–Kier alpha value is -0.980. The highest BCUT2D eigenvalue weighted by Crippen LogP contribution is 2.30. The van der Waals surface area contributed by atoms with Crippen LogP contribution in [0.2, 0.25) is 0 Å². The average molecular weight is 240 g/mol. The molecule has 16 heavy (non-hydrogen) atoms. The van der Waals surface area contributed by atoms with Crippen molar-refractivity contribution in [2.45, 2.75) is 25.1 Å². The molecule has 4 nitrogen and oxygen atoms in total. The smallest absolute Gasteiger partial charge is 0.409 e. The number of nitrogens with zero attached hydrogens (tertiary/aromatic N) is 1. The predicted molar refractivity (Wildman–Crippen MR) is 50.7 cm³/mol. The molecule has 7 heteroatoms. The highest BCUT2D eigenvalue weighted by atomic mass is 19.4. The lowest BCUT2D eigenvalue weighted by molar-refractivity contribution is -0.148. The molecule has 1 heterocycles. The summed E-state index contributed by atoms with van der Waals surface area (Å²) in [5, 5.41) is 0. The topological polar surface area (TPSA) is 55.6 Å². The molecule has 2 atom stereocenters. The lowest BCUT2D eigenvalue weighted by Gasteiger charge is -2.35. The molecule has 0 aromatic heterocycles. The van der Waals surface area contributed by atoms with Gasteiger partial charge in [0.15, 0.2) is 0 Å². The van der Waals surface area contributed by atoms with Crippen LogP contribution < -0.4 is 5.73 Å². The Labute approximate surface area is 91.5 Å². The van der Waals surface area contributed by atoms with Gasteiger partial charge in [0.2, 0.25) is 0 Å². The number of hydrogen-bond donors (Lipinski definition) is 1. The maximum Gasteiger partial charge on any atom is 0.409 e. The second-order valence-corrected chi connectivity index (χ2v) is 4.06. The third-order valence-electron chi connectivity index (χ3n) is 2.52. The summed E-state index contributed by atoms with van der Waals surface area (Å²) >= 11 is 0. The number of hydrogen-bond acceptors (Lipinski definition) is 3. The van der Waals surface area contributed by atoms with Gasteiger partial charge in [0, 0.05) is 25.6 Å². The molecule has 1 rings (SSSR count). The summed E-state index contributed by atoms with van der Waals surface area (Å²) in [5.74, 6) is -0.636. The molecule has 1 fully saturated rings. The van der Waals surface area contributed by atoms with Crippen LogP contribution in [0.5, 0.6) is 0 Å². The van der Waals surface area contributed by atoms with Crippen LogP contribution in [-0.4, -0.2) is 43.4 Å². The fraction of sp³-hybridized carbons (Fsp3) is 0.889. The van der Waals surface area contributed by atoms with Gasteiger partial charge in [-0.15, -0.1) is 0 Å². The third kappa shape index (κ3) is 3.88. The maximum atomic E-state index is 12.2. The zero-order valence-electron chi connectivity index (χ0n) is 8.96. The third-order valence-corrected chi connectivity index (χ3v) is 2.52. The minimum absolute atomic E-state index is 0.0554. The Kier molecular flexibility index (Phi) is 4.01. The summed E-state index contributed by atoms with van der Waals surface area (Å²) in [6.45, 7) is 0.306. The maximum absolute atomic E-state index is 12.2. The van der Waals surface area contributed by atoms with E-state index >= 15 is 0 Å². The Bertz CT molecular complexity index is 258. The molecule has 1 saturated heterocycles. The van der Waals surface area contributed by atoms with E-state index in [0.29, 0.717) is 0 Å². The van der Waals surface area contributed by atoms with E-state index < -0.39 is 30.7 Å². The monoisotopic (exact) mass is 240 g/mol. The number of carbonyl (C=O) groups is 1. The molecule has 0 saturated carbocycles. The Morgan fingerprint density at radius 2 is 2.12 bits per heavy atom. The fourth-order valence-electron chi connectivity index (χ4n) is 2.00. The molecule has 1 aliphatic heterocycles. The van der Waals surface area contributed by atoms with Crippen molar-refractivity contribution >= 4 is 6.09 Å². The zero-order chi connectivity index (χ0) is 12.3. The number of rotatable bonds is 1. The van der Waals surface area contributed by atoms with Crippen molar-refractivity contribution in [3.05, 3.63) is 0 Å². The van der Waals surface area contributed by atoms with Crippen LogP contribution in [0.25, 0.3) is 0 Å². The van der Waals surface area contributed by atoms with E-state index in [4.69, 9.17) is 5.73 Å². The van der Waals surface area contributed by atoms with Crippen LogP contribution in [0.4, 0.5) is 18.0 Å². The van der Waals surface area contributed by atoms with Crippen LogP contribution in [0.1, 0.15) is 12.8 Å². The summed E-state index contributed by atoms with van der Waals surface area (Å²) in [4.78, 5) is 12.4. The molecule has 1 aliphatic rings. The molecule has 0 bridgehead atoms. The molecule has 0 aromatic rings. The summed E-state index contributed by atoms with van der Waals surface area (Å²) in [5.41, 5.74) is 5.61. The van der Waals surface area contributed by atoms with Crippen molar-refractivity contribution in [2.75, 3.05) is 20.2 Å². The molecule has 2 unspecified atom stereocenters. The van der Waals surface area contributed by atoms with E-state index in [9.17, 15) is 18.0 Å². The molecular weight excluding hydrogens is 225 g/mol. The highest BCUT2D eigenvalue weighted by molar-refractivity contribution is 5.67. The van der Waals surface area contributed by atoms with Gasteiger partial charge in [-0.25, -0.2) is 4.79 Å². The first-order valence-electron chi connectivity index (χ1n) is 4.97. The number of halogens is 3. The number of amides is 1. The van der Waals surface area contributed by atoms with Gasteiger partial charge >= 0.3 is 12.3 Å². The molecule has 0 aromatic carbocycles. The van der Waals surface area contributed by atoms with Gasteiger partial charge in [0.1, 0.15) is 0 Å². The van der Waals surface area contributed by atoms with E-state index in [2.05, 4.69) is 4.74 Å². The largest absolute Gasteiger partial charge is 0.453 e. The van der Waals surface area contributed by atoms with Gasteiger partial charge in [0.25, 0.3) is 0 Å². The minimum Gasteiger partial charge on any atom is -0.453 e. The van der Waals surface area contributed by atoms with E-state index in [1.807, 2.05) is 0 Å². The minimum atomic E-state index is -4.22. The van der Waals surface area contributed by atoms with Gasteiger partial charge in [-0.3, -0.25) is 0 Å². The molecule has 0 spiro atoms. The lowest BCUT2D eigenvalue weighted by Crippen LogP contribution is -2.50. The first-order valence-corrected chi connectivity index (χ1v) is 4.97. The van der Waals surface area contributed by atoms with E-state index in [1.165, 1.54) is 12.0 Å². The number of carbonyl (C=O) groups excluding carboxylic acids is 1. The first kappa shape index (κ1) is 13.1. The van der Waals surface area contributed by atoms with Crippen molar-refractivity contribution in [2.24, 2.45) is 11.7 Å².